The normalized spacial score (nSPS) is 16.5. The summed E-state index contributed by atoms with van der Waals surface area (Å²) in [5.41, 5.74) is -0.583. The maximum absolute atomic E-state index is 12.2. The monoisotopic (exact) mass is 392 g/mol. The lowest BCUT2D eigenvalue weighted by Crippen LogP contribution is -2.27. The first-order valence-corrected chi connectivity index (χ1v) is 11.3. The Morgan fingerprint density at radius 1 is 1.29 bits per heavy atom. The van der Waals surface area contributed by atoms with Gasteiger partial charge in [0.25, 0.3) is 10.0 Å². The summed E-state index contributed by atoms with van der Waals surface area (Å²) in [5.74, 6) is 0.513. The second-order valence-electron chi connectivity index (χ2n) is 6.75. The van der Waals surface area contributed by atoms with Crippen molar-refractivity contribution in [1.29, 1.82) is 0 Å². The van der Waals surface area contributed by atoms with Crippen LogP contribution in [0.25, 0.3) is 0 Å². The third-order valence-corrected chi connectivity index (χ3v) is 7.64. The van der Waals surface area contributed by atoms with Gasteiger partial charge in [0.1, 0.15) is 0 Å². The number of aromatic nitrogens is 2. The highest BCUT2D eigenvalue weighted by Crippen LogP contribution is 2.29. The molecule has 1 fully saturated rings. The Balaban J connectivity index is 1.84. The highest BCUT2D eigenvalue weighted by atomic mass is 32.2. The Morgan fingerprint density at radius 2 is 1.96 bits per heavy atom. The smallest absolute Gasteiger partial charge is 0.269 e. The third kappa shape index (κ3) is 5.68. The van der Waals surface area contributed by atoms with Crippen molar-refractivity contribution in [1.82, 2.24) is 14.9 Å². The van der Waals surface area contributed by atoms with Crippen LogP contribution in [0.1, 0.15) is 46.5 Å². The minimum Gasteiger partial charge on any atom is -0.300 e. The van der Waals surface area contributed by atoms with Crippen LogP contribution in [0.3, 0.4) is 0 Å². The van der Waals surface area contributed by atoms with Gasteiger partial charge in [0.2, 0.25) is 15.4 Å². The molecule has 1 heterocycles. The average Bonchev–Trinajstić information content (AvgIpc) is 3.14. The molecule has 0 unspecified atom stereocenters. The maximum Gasteiger partial charge on any atom is 0.269 e. The van der Waals surface area contributed by atoms with Gasteiger partial charge in [0.05, 0.1) is 0 Å². The van der Waals surface area contributed by atoms with Crippen molar-refractivity contribution in [2.75, 3.05) is 17.6 Å². The van der Waals surface area contributed by atoms with Crippen molar-refractivity contribution < 1.29 is 13.2 Å². The van der Waals surface area contributed by atoms with Gasteiger partial charge in [0.15, 0.2) is 0 Å². The Bertz CT molecular complexity index is 661. The first-order chi connectivity index (χ1) is 11.2. The molecule has 1 aliphatic carbocycles. The number of nitrogens with one attached hydrogen (secondary N) is 2. The van der Waals surface area contributed by atoms with E-state index in [0.717, 1.165) is 17.1 Å². The Morgan fingerprint density at radius 3 is 2.58 bits per heavy atom. The standard InChI is InChI=1S/C14H24N4O3S3/c1-14(2,3)11(19)16-12-17-18-13(23-12)24(20,21)15-8-9-22-10-6-4-5-7-10/h10,15H,4-9H2,1-3H3,(H,16,17,19). The fourth-order valence-electron chi connectivity index (χ4n) is 2.17. The highest BCUT2D eigenvalue weighted by Gasteiger charge is 2.25. The van der Waals surface area contributed by atoms with Gasteiger partial charge in [0, 0.05) is 23.0 Å². The third-order valence-electron chi connectivity index (χ3n) is 3.59. The van der Waals surface area contributed by atoms with Crippen molar-refractivity contribution in [3.63, 3.8) is 0 Å². The summed E-state index contributed by atoms with van der Waals surface area (Å²) in [5, 5.41) is 10.9. The van der Waals surface area contributed by atoms with Crippen molar-refractivity contribution in [3.8, 4) is 0 Å². The molecule has 10 heteroatoms. The molecule has 0 aromatic carbocycles. The predicted octanol–water partition coefficient (Wildman–Crippen LogP) is 2.48. The van der Waals surface area contributed by atoms with Crippen molar-refractivity contribution in [3.05, 3.63) is 0 Å². The van der Waals surface area contributed by atoms with Gasteiger partial charge in [-0.3, -0.25) is 4.79 Å². The molecule has 1 saturated carbocycles. The number of sulfonamides is 1. The molecule has 1 aromatic rings. The van der Waals surface area contributed by atoms with Crippen LogP contribution in [-0.4, -0.2) is 42.1 Å². The summed E-state index contributed by atoms with van der Waals surface area (Å²) >= 11 is 2.68. The van der Waals surface area contributed by atoms with Crippen LogP contribution in [0.2, 0.25) is 0 Å². The molecule has 0 radical (unpaired) electrons. The Hall–Kier alpha value is -0.710. The van der Waals surface area contributed by atoms with E-state index in [0.29, 0.717) is 11.8 Å². The average molecular weight is 393 g/mol. The topological polar surface area (TPSA) is 101 Å². The zero-order valence-electron chi connectivity index (χ0n) is 14.2. The second-order valence-corrected chi connectivity index (χ2v) is 11.1. The zero-order chi connectivity index (χ0) is 17.8. The van der Waals surface area contributed by atoms with E-state index >= 15 is 0 Å². The summed E-state index contributed by atoms with van der Waals surface area (Å²) in [6, 6.07) is 0. The highest BCUT2D eigenvalue weighted by molar-refractivity contribution is 8.00. The van der Waals surface area contributed by atoms with Crippen LogP contribution in [0.5, 0.6) is 0 Å². The number of anilines is 1. The van der Waals surface area contributed by atoms with Gasteiger partial charge in [-0.1, -0.05) is 44.9 Å². The molecule has 0 bridgehead atoms. The predicted molar refractivity (Wildman–Crippen MR) is 97.9 cm³/mol. The molecule has 24 heavy (non-hydrogen) atoms. The molecule has 2 rings (SSSR count). The zero-order valence-corrected chi connectivity index (χ0v) is 16.6. The first-order valence-electron chi connectivity index (χ1n) is 7.95. The van der Waals surface area contributed by atoms with Crippen molar-refractivity contribution >= 4 is 44.2 Å². The van der Waals surface area contributed by atoms with Gasteiger partial charge < -0.3 is 5.32 Å². The van der Waals surface area contributed by atoms with E-state index < -0.39 is 15.4 Å². The molecule has 136 valence electrons. The molecule has 0 atom stereocenters. The van der Waals surface area contributed by atoms with Crippen molar-refractivity contribution in [2.24, 2.45) is 5.41 Å². The number of hydrogen-bond acceptors (Lipinski definition) is 7. The van der Waals surface area contributed by atoms with Gasteiger partial charge >= 0.3 is 0 Å². The van der Waals surface area contributed by atoms with E-state index in [1.54, 1.807) is 20.8 Å². The molecule has 0 saturated heterocycles. The molecular formula is C14H24N4O3S3. The van der Waals surface area contributed by atoms with Crippen LogP contribution in [0.15, 0.2) is 4.34 Å². The second kappa shape index (κ2) is 8.11. The van der Waals surface area contributed by atoms with E-state index in [-0.39, 0.29) is 15.4 Å². The van der Waals surface area contributed by atoms with E-state index in [9.17, 15) is 13.2 Å². The largest absolute Gasteiger partial charge is 0.300 e. The van der Waals surface area contributed by atoms with E-state index in [4.69, 9.17) is 0 Å². The number of rotatable bonds is 7. The van der Waals surface area contributed by atoms with Crippen LogP contribution >= 0.6 is 23.1 Å². The van der Waals surface area contributed by atoms with Gasteiger partial charge in [-0.25, -0.2) is 13.1 Å². The summed E-state index contributed by atoms with van der Waals surface area (Å²) < 4.78 is 26.8. The SMILES string of the molecule is CC(C)(C)C(=O)Nc1nnc(S(=O)(=O)NCCSC2CCCC2)s1. The molecule has 0 spiro atoms. The van der Waals surface area contributed by atoms with E-state index in [2.05, 4.69) is 20.2 Å². The van der Waals surface area contributed by atoms with Crippen LogP contribution in [-0.2, 0) is 14.8 Å². The van der Waals surface area contributed by atoms with Crippen LogP contribution in [0, 0.1) is 5.41 Å². The van der Waals surface area contributed by atoms with Crippen molar-refractivity contribution in [2.45, 2.75) is 56.0 Å². The molecular weight excluding hydrogens is 368 g/mol. The number of amides is 1. The minimum atomic E-state index is -3.68. The molecule has 1 amide bonds. The summed E-state index contributed by atoms with van der Waals surface area (Å²) in [4.78, 5) is 11.9. The minimum absolute atomic E-state index is 0.127. The Kier molecular flexibility index (Phi) is 6.63. The van der Waals surface area contributed by atoms with E-state index in [1.165, 1.54) is 25.7 Å². The molecule has 7 nitrogen and oxygen atoms in total. The Labute approximate surface area is 151 Å². The molecule has 1 aliphatic rings. The molecule has 0 aliphatic heterocycles. The molecule has 1 aromatic heterocycles. The lowest BCUT2D eigenvalue weighted by atomic mass is 9.96. The van der Waals surface area contributed by atoms with Gasteiger partial charge in [-0.05, 0) is 12.8 Å². The fourth-order valence-corrected chi connectivity index (χ4v) is 5.49. The fraction of sp³-hybridized carbons (Fsp3) is 0.786. The lowest BCUT2D eigenvalue weighted by molar-refractivity contribution is -0.123. The maximum atomic E-state index is 12.2. The number of carbonyl (C=O) groups is 1. The number of hydrogen-bond donors (Lipinski definition) is 2. The summed E-state index contributed by atoms with van der Waals surface area (Å²) in [6.45, 7) is 5.67. The van der Waals surface area contributed by atoms with E-state index in [1.807, 2.05) is 11.8 Å². The number of carbonyl (C=O) groups excluding carboxylic acids is 1. The quantitative estimate of drug-likeness (QED) is 0.546. The van der Waals surface area contributed by atoms with Gasteiger partial charge in [-0.2, -0.15) is 11.8 Å². The summed E-state index contributed by atoms with van der Waals surface area (Å²) in [7, 11) is -3.68. The number of thioether (sulfide) groups is 1. The summed E-state index contributed by atoms with van der Waals surface area (Å²) in [6.07, 6.45) is 5.00. The van der Waals surface area contributed by atoms with Gasteiger partial charge in [-0.15, -0.1) is 10.2 Å². The first kappa shape index (κ1) is 19.6. The van der Waals surface area contributed by atoms with Crippen LogP contribution < -0.4 is 10.0 Å². The molecule has 2 N–H and O–H groups in total. The number of nitrogens with zero attached hydrogens (tertiary/aromatic N) is 2. The lowest BCUT2D eigenvalue weighted by Gasteiger charge is -2.15. The van der Waals surface area contributed by atoms with Crippen LogP contribution in [0.4, 0.5) is 5.13 Å².